The van der Waals surface area contributed by atoms with E-state index in [1.165, 1.54) is 11.1 Å². The lowest BCUT2D eigenvalue weighted by Crippen LogP contribution is -2.48. The van der Waals surface area contributed by atoms with Crippen molar-refractivity contribution in [1.82, 2.24) is 14.1 Å². The Morgan fingerprint density at radius 3 is 2.24 bits per heavy atom. The maximum Gasteiger partial charge on any atom is 0.254 e. The van der Waals surface area contributed by atoms with Crippen LogP contribution >= 0.6 is 0 Å². The Balaban J connectivity index is 1.20. The Morgan fingerprint density at radius 2 is 1.47 bits per heavy atom. The van der Waals surface area contributed by atoms with Gasteiger partial charge in [-0.1, -0.05) is 54.6 Å². The van der Waals surface area contributed by atoms with Gasteiger partial charge in [0.1, 0.15) is 0 Å². The predicted molar refractivity (Wildman–Crippen MR) is 132 cm³/mol. The summed E-state index contributed by atoms with van der Waals surface area (Å²) in [6.45, 7) is 4.32. The lowest BCUT2D eigenvalue weighted by atomic mass is 9.99. The molecule has 0 N–H and O–H groups in total. The summed E-state index contributed by atoms with van der Waals surface area (Å²) < 4.78 is 27.3. The van der Waals surface area contributed by atoms with Gasteiger partial charge in [0.2, 0.25) is 10.0 Å². The fourth-order valence-corrected chi connectivity index (χ4v) is 6.23. The maximum atomic E-state index is 13.2. The zero-order chi connectivity index (χ0) is 23.5. The van der Waals surface area contributed by atoms with Gasteiger partial charge in [0.25, 0.3) is 5.91 Å². The molecule has 0 atom stereocenters. The molecule has 0 aliphatic carbocycles. The summed E-state index contributed by atoms with van der Waals surface area (Å²) in [5, 5.41) is 0. The minimum Gasteiger partial charge on any atom is -0.334 e. The van der Waals surface area contributed by atoms with Gasteiger partial charge in [-0.25, -0.2) is 8.42 Å². The van der Waals surface area contributed by atoms with Gasteiger partial charge >= 0.3 is 0 Å². The molecule has 1 saturated heterocycles. The number of rotatable bonds is 5. The Labute approximate surface area is 201 Å². The molecular formula is C27H29N3O3S. The number of benzene rings is 3. The van der Waals surface area contributed by atoms with Crippen LogP contribution in [0.25, 0.3) is 0 Å². The minimum absolute atomic E-state index is 0.0649. The predicted octanol–water partition coefficient (Wildman–Crippen LogP) is 3.39. The number of piperazine rings is 1. The zero-order valence-electron chi connectivity index (χ0n) is 19.1. The largest absolute Gasteiger partial charge is 0.334 e. The lowest BCUT2D eigenvalue weighted by molar-refractivity contribution is 0.0734. The zero-order valence-corrected chi connectivity index (χ0v) is 20.0. The summed E-state index contributed by atoms with van der Waals surface area (Å²) in [6, 6.07) is 24.8. The Bertz CT molecular complexity index is 1270. The molecule has 0 unspecified atom stereocenters. The topological polar surface area (TPSA) is 60.9 Å². The molecule has 3 aromatic rings. The fraction of sp³-hybridized carbons (Fsp3) is 0.296. The van der Waals surface area contributed by atoms with E-state index in [0.29, 0.717) is 49.7 Å². The Hall–Kier alpha value is -3.00. The van der Waals surface area contributed by atoms with Crippen LogP contribution in [0.1, 0.15) is 27.0 Å². The van der Waals surface area contributed by atoms with E-state index in [1.807, 2.05) is 41.3 Å². The first kappa shape index (κ1) is 22.8. The normalized spacial score (nSPS) is 17.4. The number of carbonyl (C=O) groups is 1. The molecule has 1 fully saturated rings. The summed E-state index contributed by atoms with van der Waals surface area (Å²) in [7, 11) is -3.45. The lowest BCUT2D eigenvalue weighted by Gasteiger charge is -2.34. The molecule has 0 radical (unpaired) electrons. The van der Waals surface area contributed by atoms with Crippen molar-refractivity contribution in [3.8, 4) is 0 Å². The number of carbonyl (C=O) groups excluding carboxylic acids is 1. The highest BCUT2D eigenvalue weighted by Gasteiger charge is 2.28. The molecule has 0 aromatic heterocycles. The van der Waals surface area contributed by atoms with Crippen molar-refractivity contribution in [3.63, 3.8) is 0 Å². The van der Waals surface area contributed by atoms with Gasteiger partial charge in [0, 0.05) is 51.4 Å². The summed E-state index contributed by atoms with van der Waals surface area (Å²) in [5.41, 5.74) is 4.33. The Morgan fingerprint density at radius 1 is 0.765 bits per heavy atom. The van der Waals surface area contributed by atoms with E-state index in [-0.39, 0.29) is 5.91 Å². The van der Waals surface area contributed by atoms with Gasteiger partial charge in [-0.2, -0.15) is 4.31 Å². The van der Waals surface area contributed by atoms with E-state index >= 15 is 0 Å². The second-order valence-electron chi connectivity index (χ2n) is 8.94. The summed E-state index contributed by atoms with van der Waals surface area (Å²) in [6.07, 6.45) is 0.887. The van der Waals surface area contributed by atoms with Crippen LogP contribution in [0.5, 0.6) is 0 Å². The summed E-state index contributed by atoms with van der Waals surface area (Å²) in [4.78, 5) is 17.7. The third-order valence-corrected chi connectivity index (χ3v) is 8.62. The number of fused-ring (bicyclic) bond motifs is 1. The standard InChI is InChI=1S/C27H29N3O3S/c31-27(29-14-13-23-8-4-5-9-25(23)21-29)24-10-6-7-22(19-24)20-28-15-17-30(18-16-28)34(32,33)26-11-2-1-3-12-26/h1-12,19H,13-18,20-21H2. The van der Waals surface area contributed by atoms with Gasteiger partial charge < -0.3 is 4.90 Å². The molecule has 2 aliphatic rings. The number of hydrogen-bond donors (Lipinski definition) is 0. The van der Waals surface area contributed by atoms with E-state index in [4.69, 9.17) is 0 Å². The molecule has 2 heterocycles. The third kappa shape index (κ3) is 4.78. The van der Waals surface area contributed by atoms with Crippen molar-refractivity contribution in [2.24, 2.45) is 0 Å². The molecule has 5 rings (SSSR count). The van der Waals surface area contributed by atoms with E-state index in [0.717, 1.165) is 18.5 Å². The number of hydrogen-bond acceptors (Lipinski definition) is 4. The van der Waals surface area contributed by atoms with Gasteiger partial charge in [0.15, 0.2) is 0 Å². The van der Waals surface area contributed by atoms with Gasteiger partial charge in [0.05, 0.1) is 4.90 Å². The number of nitrogens with zero attached hydrogens (tertiary/aromatic N) is 3. The average molecular weight is 476 g/mol. The molecule has 34 heavy (non-hydrogen) atoms. The van der Waals surface area contributed by atoms with Crippen molar-refractivity contribution in [3.05, 3.63) is 101 Å². The maximum absolute atomic E-state index is 13.2. The highest BCUT2D eigenvalue weighted by molar-refractivity contribution is 7.89. The minimum atomic E-state index is -3.45. The SMILES string of the molecule is O=C(c1cccc(CN2CCN(S(=O)(=O)c3ccccc3)CC2)c1)N1CCc2ccccc2C1. The molecule has 2 aliphatic heterocycles. The highest BCUT2D eigenvalue weighted by atomic mass is 32.2. The molecule has 0 bridgehead atoms. The van der Waals surface area contributed by atoms with E-state index in [9.17, 15) is 13.2 Å². The second kappa shape index (κ2) is 9.70. The van der Waals surface area contributed by atoms with E-state index in [2.05, 4.69) is 23.1 Å². The van der Waals surface area contributed by atoms with Crippen LogP contribution in [-0.4, -0.2) is 61.2 Å². The van der Waals surface area contributed by atoms with Crippen LogP contribution in [0.2, 0.25) is 0 Å². The first-order valence-corrected chi connectivity index (χ1v) is 13.2. The quantitative estimate of drug-likeness (QED) is 0.568. The Kier molecular flexibility index (Phi) is 6.50. The molecule has 176 valence electrons. The third-order valence-electron chi connectivity index (χ3n) is 6.71. The molecule has 7 heteroatoms. The van der Waals surface area contributed by atoms with Crippen molar-refractivity contribution >= 4 is 15.9 Å². The van der Waals surface area contributed by atoms with Crippen molar-refractivity contribution in [2.45, 2.75) is 24.4 Å². The molecule has 6 nitrogen and oxygen atoms in total. The smallest absolute Gasteiger partial charge is 0.254 e. The van der Waals surface area contributed by atoms with Gasteiger partial charge in [-0.05, 0) is 47.4 Å². The van der Waals surface area contributed by atoms with Gasteiger partial charge in [-0.3, -0.25) is 9.69 Å². The summed E-state index contributed by atoms with van der Waals surface area (Å²) >= 11 is 0. The molecular weight excluding hydrogens is 446 g/mol. The first-order chi connectivity index (χ1) is 16.5. The molecule has 3 aromatic carbocycles. The second-order valence-corrected chi connectivity index (χ2v) is 10.9. The number of sulfonamides is 1. The van der Waals surface area contributed by atoms with E-state index in [1.54, 1.807) is 28.6 Å². The highest BCUT2D eigenvalue weighted by Crippen LogP contribution is 2.22. The van der Waals surface area contributed by atoms with Crippen molar-refractivity contribution in [1.29, 1.82) is 0 Å². The van der Waals surface area contributed by atoms with Crippen LogP contribution in [0.3, 0.4) is 0 Å². The molecule has 0 spiro atoms. The summed E-state index contributed by atoms with van der Waals surface area (Å²) in [5.74, 6) is 0.0649. The average Bonchev–Trinajstić information content (AvgIpc) is 2.89. The monoisotopic (exact) mass is 475 g/mol. The van der Waals surface area contributed by atoms with E-state index < -0.39 is 10.0 Å². The van der Waals surface area contributed by atoms with Crippen LogP contribution in [0.4, 0.5) is 0 Å². The van der Waals surface area contributed by atoms with Crippen LogP contribution < -0.4 is 0 Å². The fourth-order valence-electron chi connectivity index (χ4n) is 4.78. The van der Waals surface area contributed by atoms with Crippen LogP contribution in [0.15, 0.2) is 83.8 Å². The molecule has 0 saturated carbocycles. The molecule has 1 amide bonds. The van der Waals surface area contributed by atoms with Gasteiger partial charge in [-0.15, -0.1) is 0 Å². The van der Waals surface area contributed by atoms with Crippen LogP contribution in [0, 0.1) is 0 Å². The van der Waals surface area contributed by atoms with Crippen molar-refractivity contribution in [2.75, 3.05) is 32.7 Å². The number of amides is 1. The van der Waals surface area contributed by atoms with Crippen LogP contribution in [-0.2, 0) is 29.5 Å². The van der Waals surface area contributed by atoms with Crippen molar-refractivity contribution < 1.29 is 13.2 Å². The first-order valence-electron chi connectivity index (χ1n) is 11.7.